The van der Waals surface area contributed by atoms with Crippen molar-refractivity contribution in [1.82, 2.24) is 5.32 Å². The second-order valence-electron chi connectivity index (χ2n) is 6.91. The van der Waals surface area contributed by atoms with Crippen LogP contribution in [-0.2, 0) is 21.4 Å². The molecular weight excluding hydrogens is 440 g/mol. The van der Waals surface area contributed by atoms with Crippen molar-refractivity contribution in [1.29, 1.82) is 0 Å². The number of ether oxygens (including phenoxy) is 5. The van der Waals surface area contributed by atoms with Gasteiger partial charge in [0, 0.05) is 12.6 Å². The van der Waals surface area contributed by atoms with Gasteiger partial charge in [0.05, 0.1) is 33.3 Å². The number of nitrogens with one attached hydrogen (secondary N) is 1. The largest absolute Gasteiger partial charge is 0.493 e. The van der Waals surface area contributed by atoms with Gasteiger partial charge in [0.25, 0.3) is 0 Å². The van der Waals surface area contributed by atoms with Gasteiger partial charge in [-0.05, 0) is 29.8 Å². The van der Waals surface area contributed by atoms with Crippen LogP contribution in [0.1, 0.15) is 5.56 Å². The molecule has 0 unspecified atom stereocenters. The smallest absolute Gasteiger partial charge is 0.241 e. The molecule has 0 aliphatic carbocycles. The Morgan fingerprint density at radius 3 is 2.19 bits per heavy atom. The van der Waals surface area contributed by atoms with Crippen molar-refractivity contribution in [3.8, 4) is 28.7 Å². The summed E-state index contributed by atoms with van der Waals surface area (Å²) in [5.74, 6) is 1.81. The second kappa shape index (κ2) is 9.86. The molecule has 1 aliphatic rings. The van der Waals surface area contributed by atoms with Crippen molar-refractivity contribution in [2.24, 2.45) is 0 Å². The van der Waals surface area contributed by atoms with Crippen LogP contribution >= 0.6 is 0 Å². The highest BCUT2D eigenvalue weighted by Gasteiger charge is 2.23. The number of carbonyl (C=O) groups is 1. The molecule has 2 aromatic carbocycles. The number of hydrogen-bond acceptors (Lipinski definition) is 8. The lowest BCUT2D eigenvalue weighted by atomic mass is 10.1. The van der Waals surface area contributed by atoms with Crippen LogP contribution in [0.15, 0.2) is 30.3 Å². The number of nitrogens with zero attached hydrogens (tertiary/aromatic N) is 1. The maximum atomic E-state index is 12.6. The Labute approximate surface area is 187 Å². The Kier molecular flexibility index (Phi) is 7.18. The first-order valence-corrected chi connectivity index (χ1v) is 11.5. The van der Waals surface area contributed by atoms with Gasteiger partial charge in [-0.15, -0.1) is 0 Å². The third-order valence-electron chi connectivity index (χ3n) is 4.72. The minimum Gasteiger partial charge on any atom is -0.493 e. The number of benzene rings is 2. The SMILES string of the molecule is COc1cc(CNC(=O)CN(c2ccc3c(c2)OCCO3)S(C)(=O)=O)cc(OC)c1OC. The number of sulfonamides is 1. The molecule has 0 saturated carbocycles. The van der Waals surface area contributed by atoms with E-state index in [0.717, 1.165) is 10.6 Å². The van der Waals surface area contributed by atoms with E-state index in [-0.39, 0.29) is 6.54 Å². The van der Waals surface area contributed by atoms with Gasteiger partial charge in [-0.1, -0.05) is 0 Å². The Morgan fingerprint density at radius 2 is 1.62 bits per heavy atom. The highest BCUT2D eigenvalue weighted by molar-refractivity contribution is 7.92. The summed E-state index contributed by atoms with van der Waals surface area (Å²) in [6, 6.07) is 8.15. The van der Waals surface area contributed by atoms with Gasteiger partial charge in [0.2, 0.25) is 21.7 Å². The molecule has 0 saturated heterocycles. The van der Waals surface area contributed by atoms with Crippen LogP contribution in [0.4, 0.5) is 5.69 Å². The maximum absolute atomic E-state index is 12.6. The van der Waals surface area contributed by atoms with Gasteiger partial charge in [-0.25, -0.2) is 8.42 Å². The second-order valence-corrected chi connectivity index (χ2v) is 8.81. The predicted molar refractivity (Wildman–Crippen MR) is 118 cm³/mol. The van der Waals surface area contributed by atoms with Crippen LogP contribution in [0.2, 0.25) is 0 Å². The first kappa shape index (κ1) is 23.3. The molecule has 0 bridgehead atoms. The highest BCUT2D eigenvalue weighted by atomic mass is 32.2. The van der Waals surface area contributed by atoms with E-state index in [4.69, 9.17) is 23.7 Å². The molecule has 11 heteroatoms. The van der Waals surface area contributed by atoms with Crippen molar-refractivity contribution in [3.05, 3.63) is 35.9 Å². The first-order valence-electron chi connectivity index (χ1n) is 9.69. The minimum absolute atomic E-state index is 0.133. The Bertz CT molecular complexity index is 1060. The molecule has 2 aromatic rings. The number of fused-ring (bicyclic) bond motifs is 1. The van der Waals surface area contributed by atoms with Crippen LogP contribution in [0.3, 0.4) is 0 Å². The molecule has 32 heavy (non-hydrogen) atoms. The molecule has 0 radical (unpaired) electrons. The number of hydrogen-bond donors (Lipinski definition) is 1. The Balaban J connectivity index is 1.74. The summed E-state index contributed by atoms with van der Waals surface area (Å²) < 4.78 is 52.7. The van der Waals surface area contributed by atoms with Crippen LogP contribution < -0.4 is 33.3 Å². The Hall–Kier alpha value is -3.34. The first-order chi connectivity index (χ1) is 15.3. The van der Waals surface area contributed by atoms with Crippen LogP contribution in [0.5, 0.6) is 28.7 Å². The fourth-order valence-electron chi connectivity index (χ4n) is 3.21. The lowest BCUT2D eigenvalue weighted by molar-refractivity contribution is -0.119. The molecule has 1 heterocycles. The molecule has 0 fully saturated rings. The number of amides is 1. The Morgan fingerprint density at radius 1 is 1.00 bits per heavy atom. The average Bonchev–Trinajstić information content (AvgIpc) is 2.79. The lowest BCUT2D eigenvalue weighted by Crippen LogP contribution is -2.40. The normalized spacial score (nSPS) is 12.6. The highest BCUT2D eigenvalue weighted by Crippen LogP contribution is 2.38. The number of anilines is 1. The van der Waals surface area contributed by atoms with E-state index >= 15 is 0 Å². The summed E-state index contributed by atoms with van der Waals surface area (Å²) in [5, 5.41) is 2.72. The third kappa shape index (κ3) is 5.28. The summed E-state index contributed by atoms with van der Waals surface area (Å²) in [7, 11) is 0.760. The van der Waals surface area contributed by atoms with E-state index in [9.17, 15) is 13.2 Å². The third-order valence-corrected chi connectivity index (χ3v) is 5.86. The maximum Gasteiger partial charge on any atom is 0.241 e. The molecule has 0 atom stereocenters. The summed E-state index contributed by atoms with van der Waals surface area (Å²) >= 11 is 0. The molecule has 1 N–H and O–H groups in total. The van der Waals surface area contributed by atoms with Gasteiger partial charge in [0.1, 0.15) is 19.8 Å². The number of rotatable bonds is 9. The van der Waals surface area contributed by atoms with Gasteiger partial charge in [-0.2, -0.15) is 0 Å². The predicted octanol–water partition coefficient (Wildman–Crippen LogP) is 1.57. The fourth-order valence-corrected chi connectivity index (χ4v) is 4.06. The van der Waals surface area contributed by atoms with E-state index in [1.54, 1.807) is 30.3 Å². The average molecular weight is 467 g/mol. The molecular formula is C21H26N2O8S. The molecule has 10 nitrogen and oxygen atoms in total. The zero-order valence-electron chi connectivity index (χ0n) is 18.3. The molecule has 1 aliphatic heterocycles. The van der Waals surface area contributed by atoms with Crippen molar-refractivity contribution >= 4 is 21.6 Å². The summed E-state index contributed by atoms with van der Waals surface area (Å²) in [4.78, 5) is 12.6. The van der Waals surface area contributed by atoms with E-state index < -0.39 is 22.5 Å². The van der Waals surface area contributed by atoms with Gasteiger partial charge in [0.15, 0.2) is 23.0 Å². The topological polar surface area (TPSA) is 113 Å². The molecule has 3 rings (SSSR count). The summed E-state index contributed by atoms with van der Waals surface area (Å²) in [5.41, 5.74) is 0.998. The number of carbonyl (C=O) groups excluding carboxylic acids is 1. The van der Waals surface area contributed by atoms with Gasteiger partial charge < -0.3 is 29.0 Å². The fraction of sp³-hybridized carbons (Fsp3) is 0.381. The van der Waals surface area contributed by atoms with Crippen molar-refractivity contribution < 1.29 is 36.9 Å². The van der Waals surface area contributed by atoms with Crippen molar-refractivity contribution in [2.75, 3.05) is 51.6 Å². The van der Waals surface area contributed by atoms with E-state index in [1.165, 1.54) is 21.3 Å². The monoisotopic (exact) mass is 466 g/mol. The quantitative estimate of drug-likeness (QED) is 0.593. The minimum atomic E-state index is -3.73. The number of methoxy groups -OCH3 is 3. The van der Waals surface area contributed by atoms with E-state index in [0.29, 0.717) is 53.2 Å². The van der Waals surface area contributed by atoms with Gasteiger partial charge in [-0.3, -0.25) is 9.10 Å². The van der Waals surface area contributed by atoms with Crippen LogP contribution in [0, 0.1) is 0 Å². The van der Waals surface area contributed by atoms with Crippen LogP contribution in [-0.4, -0.2) is 61.7 Å². The zero-order chi connectivity index (χ0) is 23.3. The lowest BCUT2D eigenvalue weighted by Gasteiger charge is -2.24. The molecule has 0 aromatic heterocycles. The standard InChI is InChI=1S/C21H26N2O8S/c1-27-18-9-14(10-19(28-2)21(18)29-3)12-22-20(24)13-23(32(4,25)26)15-5-6-16-17(11-15)31-8-7-30-16/h5-6,9-11H,7-8,12-13H2,1-4H3,(H,22,24). The van der Waals surface area contributed by atoms with Crippen LogP contribution in [0.25, 0.3) is 0 Å². The van der Waals surface area contributed by atoms with Gasteiger partial charge >= 0.3 is 0 Å². The van der Waals surface area contributed by atoms with Crippen molar-refractivity contribution in [3.63, 3.8) is 0 Å². The molecule has 174 valence electrons. The summed E-state index contributed by atoms with van der Waals surface area (Å²) in [6.45, 7) is 0.521. The summed E-state index contributed by atoms with van der Waals surface area (Å²) in [6.07, 6.45) is 1.04. The molecule has 0 spiro atoms. The van der Waals surface area contributed by atoms with Crippen molar-refractivity contribution in [2.45, 2.75) is 6.54 Å². The van der Waals surface area contributed by atoms with E-state index in [1.807, 2.05) is 0 Å². The molecule has 1 amide bonds. The zero-order valence-corrected chi connectivity index (χ0v) is 19.2. The van der Waals surface area contributed by atoms with E-state index in [2.05, 4.69) is 5.32 Å².